The average molecular weight is 469 g/mol. The Morgan fingerprint density at radius 2 is 1.94 bits per heavy atom. The molecule has 1 aliphatic carbocycles. The van der Waals surface area contributed by atoms with Crippen molar-refractivity contribution in [3.63, 3.8) is 0 Å². The van der Waals surface area contributed by atoms with Crippen molar-refractivity contribution < 1.29 is 19.2 Å². The molecule has 3 aliphatic rings. The quantitative estimate of drug-likeness (QED) is 0.443. The summed E-state index contributed by atoms with van der Waals surface area (Å²) in [6, 6.07) is 8.97. The van der Waals surface area contributed by atoms with Gasteiger partial charge < -0.3 is 16.0 Å². The fraction of sp³-hybridized carbons (Fsp3) is 0.615. The minimum absolute atomic E-state index is 0.0869. The highest BCUT2D eigenvalue weighted by atomic mass is 16.2. The van der Waals surface area contributed by atoms with Gasteiger partial charge in [0.05, 0.1) is 12.1 Å². The first-order valence-corrected chi connectivity index (χ1v) is 12.4. The minimum Gasteiger partial charge on any atom is -0.356 e. The van der Waals surface area contributed by atoms with Crippen LogP contribution in [0.3, 0.4) is 0 Å². The van der Waals surface area contributed by atoms with Gasteiger partial charge in [-0.1, -0.05) is 44.2 Å². The molecule has 0 unspecified atom stereocenters. The van der Waals surface area contributed by atoms with Crippen molar-refractivity contribution >= 4 is 23.5 Å². The Morgan fingerprint density at radius 1 is 1.21 bits per heavy atom. The van der Waals surface area contributed by atoms with E-state index in [2.05, 4.69) is 46.8 Å². The predicted molar refractivity (Wildman–Crippen MR) is 128 cm³/mol. The number of amides is 3. The van der Waals surface area contributed by atoms with Crippen LogP contribution in [0.2, 0.25) is 0 Å². The summed E-state index contributed by atoms with van der Waals surface area (Å²) in [6.45, 7) is 6.60. The van der Waals surface area contributed by atoms with E-state index in [4.69, 9.17) is 0 Å². The Labute approximate surface area is 201 Å². The summed E-state index contributed by atoms with van der Waals surface area (Å²) in [5, 5.41) is 8.00. The highest BCUT2D eigenvalue weighted by molar-refractivity contribution is 6.38. The monoisotopic (exact) mass is 468 g/mol. The number of likely N-dealkylation sites (tertiary alicyclic amines) is 1. The minimum atomic E-state index is -1.01. The highest BCUT2D eigenvalue weighted by Crippen LogP contribution is 2.64. The molecule has 2 heterocycles. The lowest BCUT2D eigenvalue weighted by atomic mass is 9.94. The second-order valence-corrected chi connectivity index (χ2v) is 10.5. The Bertz CT molecular complexity index is 947. The van der Waals surface area contributed by atoms with Gasteiger partial charge in [0.2, 0.25) is 17.6 Å². The summed E-state index contributed by atoms with van der Waals surface area (Å²) >= 11 is 0. The Kier molecular flexibility index (Phi) is 7.07. The summed E-state index contributed by atoms with van der Waals surface area (Å²) in [5.41, 5.74) is 1.36. The maximum atomic E-state index is 13.6. The molecule has 3 N–H and O–H groups in total. The molecule has 1 saturated carbocycles. The number of benzene rings is 1. The van der Waals surface area contributed by atoms with Crippen LogP contribution in [0.25, 0.3) is 0 Å². The lowest BCUT2D eigenvalue weighted by Crippen LogP contribution is -2.54. The highest BCUT2D eigenvalue weighted by Gasteiger charge is 2.68. The van der Waals surface area contributed by atoms with Crippen LogP contribution in [0.15, 0.2) is 30.3 Å². The zero-order chi connectivity index (χ0) is 24.5. The van der Waals surface area contributed by atoms with Gasteiger partial charge in [-0.15, -0.1) is 0 Å². The van der Waals surface area contributed by atoms with E-state index in [0.717, 1.165) is 25.9 Å². The number of nitrogens with zero attached hydrogens (tertiary/aromatic N) is 1. The Hall–Kier alpha value is -2.74. The van der Waals surface area contributed by atoms with Gasteiger partial charge in [-0.2, -0.15) is 0 Å². The van der Waals surface area contributed by atoms with Gasteiger partial charge >= 0.3 is 0 Å². The van der Waals surface area contributed by atoms with Gasteiger partial charge in [-0.25, -0.2) is 0 Å². The van der Waals surface area contributed by atoms with Crippen LogP contribution in [0.5, 0.6) is 0 Å². The van der Waals surface area contributed by atoms with Crippen LogP contribution in [0, 0.1) is 23.2 Å². The normalized spacial score (nSPS) is 28.0. The third-order valence-electron chi connectivity index (χ3n) is 8.09. The topological polar surface area (TPSA) is 108 Å². The van der Waals surface area contributed by atoms with E-state index < -0.39 is 17.7 Å². The van der Waals surface area contributed by atoms with Gasteiger partial charge in [0, 0.05) is 26.1 Å². The number of Topliss-reactive ketones (excluding diaryl/α,β-unsaturated/α-hetero) is 1. The number of carbonyl (C=O) groups excluding carboxylic acids is 4. The van der Waals surface area contributed by atoms with Crippen LogP contribution in [0.1, 0.15) is 38.7 Å². The first-order chi connectivity index (χ1) is 16.2. The third-order valence-corrected chi connectivity index (χ3v) is 8.09. The molecular weight excluding hydrogens is 432 g/mol. The SMILES string of the molecule is CNC(=O)C(=O)[C@H](C[C@@H]1CCNC1=O)NC(=O)[C@@H]1[C@@H]2[C@H](CN1CCCc1ccccc1)C2(C)C. The van der Waals surface area contributed by atoms with Crippen LogP contribution < -0.4 is 16.0 Å². The van der Waals surface area contributed by atoms with Gasteiger partial charge in [0.1, 0.15) is 0 Å². The first kappa shape index (κ1) is 24.4. The summed E-state index contributed by atoms with van der Waals surface area (Å²) in [7, 11) is 1.39. The summed E-state index contributed by atoms with van der Waals surface area (Å²) in [4.78, 5) is 52.8. The summed E-state index contributed by atoms with van der Waals surface area (Å²) in [6.07, 6.45) is 2.62. The maximum absolute atomic E-state index is 13.6. The van der Waals surface area contributed by atoms with Crippen molar-refractivity contribution in [1.82, 2.24) is 20.9 Å². The summed E-state index contributed by atoms with van der Waals surface area (Å²) < 4.78 is 0. The number of ketones is 1. The maximum Gasteiger partial charge on any atom is 0.289 e. The van der Waals surface area contributed by atoms with E-state index in [9.17, 15) is 19.2 Å². The molecule has 34 heavy (non-hydrogen) atoms. The van der Waals surface area contributed by atoms with E-state index >= 15 is 0 Å². The van der Waals surface area contributed by atoms with Gasteiger partial charge in [0.25, 0.3) is 5.91 Å². The molecule has 0 aromatic heterocycles. The van der Waals surface area contributed by atoms with E-state index in [1.165, 1.54) is 12.6 Å². The van der Waals surface area contributed by atoms with E-state index in [1.54, 1.807) is 0 Å². The molecule has 184 valence electrons. The molecule has 0 bridgehead atoms. The number of hydrogen-bond acceptors (Lipinski definition) is 5. The van der Waals surface area contributed by atoms with Gasteiger partial charge in [-0.05, 0) is 55.0 Å². The number of aryl methyl sites for hydroxylation is 1. The van der Waals surface area contributed by atoms with E-state index in [0.29, 0.717) is 18.9 Å². The van der Waals surface area contributed by atoms with Gasteiger partial charge in [-0.3, -0.25) is 24.1 Å². The van der Waals surface area contributed by atoms with Crippen molar-refractivity contribution in [2.45, 2.75) is 51.6 Å². The Morgan fingerprint density at radius 3 is 2.59 bits per heavy atom. The van der Waals surface area contributed by atoms with E-state index in [1.807, 2.05) is 18.2 Å². The zero-order valence-electron chi connectivity index (χ0n) is 20.3. The number of carbonyl (C=O) groups is 4. The number of fused-ring (bicyclic) bond motifs is 1. The largest absolute Gasteiger partial charge is 0.356 e. The van der Waals surface area contributed by atoms with Crippen LogP contribution in [-0.4, -0.2) is 67.2 Å². The lowest BCUT2D eigenvalue weighted by Gasteiger charge is -2.31. The lowest BCUT2D eigenvalue weighted by molar-refractivity contribution is -0.141. The van der Waals surface area contributed by atoms with Gasteiger partial charge in [0.15, 0.2) is 0 Å². The molecule has 5 atom stereocenters. The first-order valence-electron chi connectivity index (χ1n) is 12.4. The fourth-order valence-corrected chi connectivity index (χ4v) is 5.97. The molecule has 8 nitrogen and oxygen atoms in total. The van der Waals surface area contributed by atoms with Crippen molar-refractivity contribution in [1.29, 1.82) is 0 Å². The predicted octanol–water partition coefficient (Wildman–Crippen LogP) is 0.902. The summed E-state index contributed by atoms with van der Waals surface area (Å²) in [5.74, 6) is -1.48. The molecule has 2 aliphatic heterocycles. The Balaban J connectivity index is 1.44. The number of rotatable bonds is 10. The van der Waals surface area contributed by atoms with E-state index in [-0.39, 0.29) is 41.5 Å². The van der Waals surface area contributed by atoms with Crippen LogP contribution >= 0.6 is 0 Å². The average Bonchev–Trinajstić information content (AvgIpc) is 3.17. The standard InChI is InChI=1S/C26H36N4O4/c1-26(2)18-15-30(13-7-10-16-8-5-4-6-9-16)21(20(18)26)24(33)29-19(22(31)25(34)27-3)14-17-11-12-28-23(17)32/h4-6,8-9,17-21H,7,10-15H2,1-3H3,(H,27,34)(H,28,32)(H,29,33)/t17-,18-,19-,20-,21-/m0/s1. The smallest absolute Gasteiger partial charge is 0.289 e. The van der Waals surface area contributed by atoms with Crippen molar-refractivity contribution in [3.05, 3.63) is 35.9 Å². The number of hydrogen-bond donors (Lipinski definition) is 3. The molecule has 3 fully saturated rings. The molecule has 2 saturated heterocycles. The second-order valence-electron chi connectivity index (χ2n) is 10.5. The van der Waals surface area contributed by atoms with Crippen molar-refractivity contribution in [3.8, 4) is 0 Å². The number of piperidine rings is 1. The van der Waals surface area contributed by atoms with Crippen LogP contribution in [0.4, 0.5) is 0 Å². The molecule has 3 amide bonds. The molecule has 0 spiro atoms. The number of likely N-dealkylation sites (N-methyl/N-ethyl adjacent to an activating group) is 1. The molecular formula is C26H36N4O4. The fourth-order valence-electron chi connectivity index (χ4n) is 5.97. The molecule has 4 rings (SSSR count). The zero-order valence-corrected chi connectivity index (χ0v) is 20.3. The molecule has 8 heteroatoms. The third kappa shape index (κ3) is 4.87. The number of nitrogens with one attached hydrogen (secondary N) is 3. The van der Waals surface area contributed by atoms with Crippen molar-refractivity contribution in [2.75, 3.05) is 26.7 Å². The molecule has 0 radical (unpaired) electrons. The molecule has 1 aromatic rings. The molecule has 1 aromatic carbocycles. The van der Waals surface area contributed by atoms with Crippen LogP contribution in [-0.2, 0) is 25.6 Å². The van der Waals surface area contributed by atoms with Crippen molar-refractivity contribution in [2.24, 2.45) is 23.2 Å². The second kappa shape index (κ2) is 9.86.